The highest BCUT2D eigenvalue weighted by atomic mass is 35.5. The Bertz CT molecular complexity index is 2820. The Morgan fingerprint density at radius 2 is 0.958 bits per heavy atom. The molecule has 7 N–H and O–H groups in total. The van der Waals surface area contributed by atoms with Crippen LogP contribution in [0.3, 0.4) is 0 Å². The number of benzene rings is 4. The molecule has 17 heteroatoms. The van der Waals surface area contributed by atoms with E-state index in [2.05, 4.69) is 29.3 Å². The quantitative estimate of drug-likeness (QED) is 0.0581. The Hall–Kier alpha value is -7.69. The zero-order valence-corrected chi connectivity index (χ0v) is 40.2. The monoisotopic (exact) mass is 978 g/mol. The number of halogens is 1. The fourth-order valence-electron chi connectivity index (χ4n) is 9.87. The molecule has 0 radical (unpaired) electrons. The maximum absolute atomic E-state index is 12.5. The summed E-state index contributed by atoms with van der Waals surface area (Å²) in [7, 11) is 0. The van der Waals surface area contributed by atoms with Crippen LogP contribution in [0.2, 0.25) is 0 Å². The maximum Gasteiger partial charge on any atom is 0.269 e. The molecule has 10 rings (SSSR count). The van der Waals surface area contributed by atoms with Crippen molar-refractivity contribution in [3.05, 3.63) is 158 Å². The van der Waals surface area contributed by atoms with Crippen LogP contribution >= 0.6 is 11.6 Å². The Morgan fingerprint density at radius 3 is 1.34 bits per heavy atom. The van der Waals surface area contributed by atoms with Crippen LogP contribution in [-0.4, -0.2) is 86.5 Å². The third kappa shape index (κ3) is 11.8. The number of amides is 3. The molecule has 6 heterocycles. The summed E-state index contributed by atoms with van der Waals surface area (Å²) in [5.41, 5.74) is 21.9. The van der Waals surface area contributed by atoms with Crippen molar-refractivity contribution >= 4 is 34.6 Å². The Labute approximate surface area is 418 Å². The number of nitrogens with one attached hydrogen (secondary N) is 3. The number of nitrogens with two attached hydrogens (primary N) is 2. The van der Waals surface area contributed by atoms with E-state index in [1.165, 1.54) is 6.08 Å². The smallest absolute Gasteiger partial charge is 0.269 e. The number of aromatic nitrogens is 4. The number of imidazole rings is 2. The second-order valence-corrected chi connectivity index (χ2v) is 18.1. The number of carbonyl (C=O) groups is 4. The highest BCUT2D eigenvalue weighted by Gasteiger charge is 2.37. The lowest BCUT2D eigenvalue weighted by atomic mass is 9.81. The van der Waals surface area contributed by atoms with Crippen molar-refractivity contribution in [2.45, 2.75) is 50.4 Å². The van der Waals surface area contributed by atoms with Crippen LogP contribution in [-0.2, 0) is 9.59 Å². The van der Waals surface area contributed by atoms with Gasteiger partial charge in [-0.3, -0.25) is 19.2 Å². The van der Waals surface area contributed by atoms with Gasteiger partial charge in [0, 0.05) is 49.1 Å². The molecule has 2 aromatic heterocycles. The van der Waals surface area contributed by atoms with Gasteiger partial charge in [-0.15, -0.1) is 0 Å². The van der Waals surface area contributed by atoms with Crippen LogP contribution in [0.4, 0.5) is 0 Å². The normalized spacial score (nSPS) is 17.5. The standard InChI is InChI=1S/C27H29N5O3.C24H27N5O2.C3H3ClO/c1-2-23(33)31-16-13-18(14-17-31)22-12-15-29-32-25(26(28)34)24(30-27(22)32)19-8-10-21(11-9-19)35-20-6-4-3-5-7-20;25-23(30)22-21(17-6-8-19(9-7-17)31-18-4-2-1-3-5-18)28-24-20(12-15-27-29(22)24)16-10-13-26-14-11-16;1-2-3(4)5/h2-11,18,22,29H,1,12-17H2,(H2,28,34);1-9,16,20,26-27H,10-15H2,(H2,25,30);2H,1H2. The maximum atomic E-state index is 12.5. The number of hydrogen-bond acceptors (Lipinski definition) is 11. The number of para-hydroxylation sites is 2. The highest BCUT2D eigenvalue weighted by molar-refractivity contribution is 6.66. The number of piperidine rings is 2. The van der Waals surface area contributed by atoms with Crippen molar-refractivity contribution in [3.63, 3.8) is 0 Å². The van der Waals surface area contributed by atoms with Crippen molar-refractivity contribution in [2.75, 3.05) is 50.1 Å². The first-order valence-electron chi connectivity index (χ1n) is 24.0. The number of nitrogens with zero attached hydrogens (tertiary/aromatic N) is 5. The molecule has 368 valence electrons. The Kier molecular flexibility index (Phi) is 16.3. The molecular weight excluding hydrogens is 920 g/mol. The first-order valence-corrected chi connectivity index (χ1v) is 24.3. The number of carbonyl (C=O) groups excluding carboxylic acids is 4. The largest absolute Gasteiger partial charge is 0.457 e. The first-order chi connectivity index (χ1) is 34.5. The summed E-state index contributed by atoms with van der Waals surface area (Å²) in [6, 6.07) is 34.4. The molecule has 4 aliphatic heterocycles. The number of allylic oxidation sites excluding steroid dienone is 1. The van der Waals surface area contributed by atoms with Crippen molar-refractivity contribution in [1.82, 2.24) is 29.5 Å². The molecule has 0 bridgehead atoms. The number of rotatable bonds is 12. The minimum absolute atomic E-state index is 0.0201. The fraction of sp³-hybridized carbons (Fsp3) is 0.296. The van der Waals surface area contributed by atoms with Gasteiger partial charge in [-0.2, -0.15) is 0 Å². The lowest BCUT2D eigenvalue weighted by Gasteiger charge is -2.37. The third-order valence-corrected chi connectivity index (χ3v) is 13.5. The Balaban J connectivity index is 0.000000175. The third-order valence-electron chi connectivity index (χ3n) is 13.3. The molecule has 71 heavy (non-hydrogen) atoms. The minimum atomic E-state index is -0.525. The second-order valence-electron chi connectivity index (χ2n) is 17.7. The molecule has 2 fully saturated rings. The van der Waals surface area contributed by atoms with E-state index < -0.39 is 17.1 Å². The number of ether oxygens (including phenoxy) is 2. The van der Waals surface area contributed by atoms with Gasteiger partial charge in [-0.05, 0) is 160 Å². The number of fused-ring (bicyclic) bond motifs is 2. The van der Waals surface area contributed by atoms with Gasteiger partial charge >= 0.3 is 0 Å². The predicted octanol–water partition coefficient (Wildman–Crippen LogP) is 8.31. The second kappa shape index (κ2) is 23.3. The van der Waals surface area contributed by atoms with Crippen molar-refractivity contribution in [2.24, 2.45) is 23.3 Å². The summed E-state index contributed by atoms with van der Waals surface area (Å²) in [6.07, 6.45) is 8.39. The van der Waals surface area contributed by atoms with Crippen molar-refractivity contribution in [1.29, 1.82) is 0 Å². The zero-order valence-electron chi connectivity index (χ0n) is 39.5. The van der Waals surface area contributed by atoms with E-state index in [0.29, 0.717) is 59.4 Å². The molecule has 3 amide bonds. The molecular formula is C54H59ClN10O6. The van der Waals surface area contributed by atoms with Gasteiger partial charge in [-0.25, -0.2) is 19.3 Å². The lowest BCUT2D eigenvalue weighted by molar-refractivity contribution is -0.127. The Morgan fingerprint density at radius 1 is 0.563 bits per heavy atom. The summed E-state index contributed by atoms with van der Waals surface area (Å²) < 4.78 is 15.4. The van der Waals surface area contributed by atoms with E-state index in [1.807, 2.05) is 119 Å². The molecule has 16 nitrogen and oxygen atoms in total. The summed E-state index contributed by atoms with van der Waals surface area (Å²) in [5, 5.41) is 2.92. The minimum Gasteiger partial charge on any atom is -0.457 e. The molecule has 2 saturated heterocycles. The molecule has 2 unspecified atom stereocenters. The van der Waals surface area contributed by atoms with Crippen LogP contribution in [0.25, 0.3) is 22.5 Å². The molecule has 4 aromatic carbocycles. The van der Waals surface area contributed by atoms with Gasteiger partial charge in [0.05, 0.1) is 0 Å². The average molecular weight is 980 g/mol. The van der Waals surface area contributed by atoms with Crippen LogP contribution in [0.5, 0.6) is 23.0 Å². The lowest BCUT2D eigenvalue weighted by Crippen LogP contribution is -2.41. The van der Waals surface area contributed by atoms with E-state index in [-0.39, 0.29) is 11.8 Å². The zero-order chi connectivity index (χ0) is 49.9. The molecule has 6 aromatic rings. The summed E-state index contributed by atoms with van der Waals surface area (Å²) in [5.74, 6) is 5.15. The van der Waals surface area contributed by atoms with Crippen LogP contribution in [0.1, 0.15) is 83.0 Å². The van der Waals surface area contributed by atoms with Gasteiger partial charge in [-0.1, -0.05) is 49.6 Å². The predicted molar refractivity (Wildman–Crippen MR) is 275 cm³/mol. The molecule has 4 aliphatic rings. The van der Waals surface area contributed by atoms with E-state index in [1.54, 1.807) is 4.68 Å². The van der Waals surface area contributed by atoms with Crippen LogP contribution in [0.15, 0.2) is 135 Å². The molecule has 0 saturated carbocycles. The number of hydrogen-bond donors (Lipinski definition) is 5. The van der Waals surface area contributed by atoms with Crippen molar-refractivity contribution in [3.8, 4) is 45.5 Å². The number of primary amides is 2. The summed E-state index contributed by atoms with van der Waals surface area (Å²) >= 11 is 4.71. The fourth-order valence-corrected chi connectivity index (χ4v) is 9.87. The van der Waals surface area contributed by atoms with E-state index >= 15 is 0 Å². The van der Waals surface area contributed by atoms with Crippen molar-refractivity contribution < 1.29 is 28.7 Å². The van der Waals surface area contributed by atoms with E-state index in [4.69, 9.17) is 42.5 Å². The SMILES string of the molecule is C=CC(=O)Cl.C=CC(=O)N1CCC(C2CCNn3c2nc(-c2ccc(Oc4ccccc4)cc2)c3C(N)=O)CC1.NC(=O)c1c(-c2ccc(Oc3ccccc3)cc2)nc2n1NCCC2C1CCNCC1. The first kappa shape index (κ1) is 49.7. The van der Waals surface area contributed by atoms with Gasteiger partial charge in [0.1, 0.15) is 46.0 Å². The summed E-state index contributed by atoms with van der Waals surface area (Å²) in [6.45, 7) is 11.7. The molecule has 0 spiro atoms. The summed E-state index contributed by atoms with van der Waals surface area (Å²) in [4.78, 5) is 58.1. The van der Waals surface area contributed by atoms with Gasteiger partial charge < -0.3 is 42.0 Å². The van der Waals surface area contributed by atoms with Crippen LogP contribution < -0.4 is 37.1 Å². The highest BCUT2D eigenvalue weighted by Crippen LogP contribution is 2.40. The van der Waals surface area contributed by atoms with Gasteiger partial charge in [0.25, 0.3) is 11.8 Å². The topological polar surface area (TPSA) is 214 Å². The van der Waals surface area contributed by atoms with Gasteiger partial charge in [0.2, 0.25) is 11.1 Å². The van der Waals surface area contributed by atoms with E-state index in [9.17, 15) is 19.2 Å². The van der Waals surface area contributed by atoms with Gasteiger partial charge in [0.15, 0.2) is 11.4 Å². The molecule has 0 aliphatic carbocycles. The van der Waals surface area contributed by atoms with Crippen LogP contribution in [0, 0.1) is 11.8 Å². The molecule has 2 atom stereocenters. The number of likely N-dealkylation sites (tertiary alicyclic amines) is 1. The average Bonchev–Trinajstić information content (AvgIpc) is 4.01. The van der Waals surface area contributed by atoms with E-state index in [0.717, 1.165) is 111 Å².